The van der Waals surface area contributed by atoms with E-state index in [2.05, 4.69) is 16.8 Å². The molecule has 1 aliphatic heterocycles. The van der Waals surface area contributed by atoms with E-state index < -0.39 is 0 Å². The van der Waals surface area contributed by atoms with Gasteiger partial charge in [-0.2, -0.15) is 0 Å². The van der Waals surface area contributed by atoms with Crippen LogP contribution < -0.4 is 9.47 Å². The normalized spacial score (nSPS) is 16.2. The number of fused-ring (bicyclic) bond motifs is 1. The molecule has 0 N–H and O–H groups in total. The third kappa shape index (κ3) is 4.05. The van der Waals surface area contributed by atoms with E-state index in [-0.39, 0.29) is 17.1 Å². The first kappa shape index (κ1) is 19.3. The second-order valence-electron chi connectivity index (χ2n) is 6.59. The van der Waals surface area contributed by atoms with Crippen molar-refractivity contribution in [1.82, 2.24) is 14.8 Å². The molecule has 0 radical (unpaired) electrons. The number of carbonyl (C=O) groups is 1. The predicted octanol–water partition coefficient (Wildman–Crippen LogP) is 4.34. The molecular formula is C22H21N3O3S. The molecular weight excluding hydrogens is 386 g/mol. The van der Waals surface area contributed by atoms with Gasteiger partial charge in [-0.15, -0.1) is 16.8 Å². The van der Waals surface area contributed by atoms with Crippen molar-refractivity contribution >= 4 is 17.5 Å². The van der Waals surface area contributed by atoms with Crippen LogP contribution in [0.15, 0.2) is 72.4 Å². The zero-order valence-electron chi connectivity index (χ0n) is 16.0. The fourth-order valence-corrected chi connectivity index (χ4v) is 4.06. The average Bonchev–Trinajstić information content (AvgIpc) is 3.16. The molecule has 0 aliphatic carbocycles. The summed E-state index contributed by atoms with van der Waals surface area (Å²) in [6, 6.07) is 16.8. The first-order valence-electron chi connectivity index (χ1n) is 9.35. The van der Waals surface area contributed by atoms with E-state index in [1.165, 1.54) is 11.8 Å². The van der Waals surface area contributed by atoms with Crippen LogP contribution in [0.5, 0.6) is 11.5 Å². The number of benzene rings is 2. The summed E-state index contributed by atoms with van der Waals surface area (Å²) in [6.07, 6.45) is 1.39. The Kier molecular flexibility index (Phi) is 5.67. The molecule has 148 valence electrons. The number of aromatic nitrogens is 3. The smallest absolute Gasteiger partial charge is 0.192 e. The maximum atomic E-state index is 12.7. The molecule has 0 amide bonds. The summed E-state index contributed by atoms with van der Waals surface area (Å²) in [5.41, 5.74) is 0.683. The van der Waals surface area contributed by atoms with Gasteiger partial charge in [0.15, 0.2) is 34.4 Å². The Labute approximate surface area is 173 Å². The molecule has 1 aromatic heterocycles. The van der Waals surface area contributed by atoms with E-state index in [1.54, 1.807) is 6.08 Å². The first-order valence-corrected chi connectivity index (χ1v) is 10.2. The van der Waals surface area contributed by atoms with Gasteiger partial charge in [0.1, 0.15) is 6.61 Å². The lowest BCUT2D eigenvalue weighted by molar-refractivity contribution is 0.0821. The summed E-state index contributed by atoms with van der Waals surface area (Å²) in [4.78, 5) is 12.7. The Morgan fingerprint density at radius 1 is 1.21 bits per heavy atom. The molecule has 1 aliphatic rings. The number of ketones is 1. The van der Waals surface area contributed by atoms with E-state index >= 15 is 0 Å². The quantitative estimate of drug-likeness (QED) is 0.330. The van der Waals surface area contributed by atoms with Crippen LogP contribution in [0.2, 0.25) is 0 Å². The molecule has 0 saturated heterocycles. The van der Waals surface area contributed by atoms with Gasteiger partial charge in [-0.1, -0.05) is 60.3 Å². The summed E-state index contributed by atoms with van der Waals surface area (Å²) >= 11 is 1.38. The highest BCUT2D eigenvalue weighted by molar-refractivity contribution is 8.00. The van der Waals surface area contributed by atoms with Gasteiger partial charge in [-0.3, -0.25) is 9.36 Å². The predicted molar refractivity (Wildman–Crippen MR) is 112 cm³/mol. The van der Waals surface area contributed by atoms with Gasteiger partial charge >= 0.3 is 0 Å². The van der Waals surface area contributed by atoms with E-state index in [0.29, 0.717) is 35.4 Å². The molecule has 0 bridgehead atoms. The molecule has 7 heteroatoms. The van der Waals surface area contributed by atoms with Crippen molar-refractivity contribution in [2.45, 2.75) is 30.0 Å². The number of ether oxygens (including phenoxy) is 2. The lowest BCUT2D eigenvalue weighted by atomic mass is 10.1. The molecule has 29 heavy (non-hydrogen) atoms. The number of thioether (sulfide) groups is 1. The largest absolute Gasteiger partial charge is 0.485 e. The summed E-state index contributed by atoms with van der Waals surface area (Å²) < 4.78 is 13.8. The summed E-state index contributed by atoms with van der Waals surface area (Å²) in [5, 5.41) is 9.02. The van der Waals surface area contributed by atoms with Crippen molar-refractivity contribution in [2.75, 3.05) is 6.61 Å². The van der Waals surface area contributed by atoms with Gasteiger partial charge in [0.25, 0.3) is 0 Å². The highest BCUT2D eigenvalue weighted by atomic mass is 32.2. The third-order valence-corrected chi connectivity index (χ3v) is 5.64. The highest BCUT2D eigenvalue weighted by Crippen LogP contribution is 2.36. The van der Waals surface area contributed by atoms with E-state index in [9.17, 15) is 4.79 Å². The zero-order chi connectivity index (χ0) is 20.2. The van der Waals surface area contributed by atoms with Crippen molar-refractivity contribution in [1.29, 1.82) is 0 Å². The fraction of sp³-hybridized carbons (Fsp3) is 0.227. The van der Waals surface area contributed by atoms with Crippen molar-refractivity contribution in [2.24, 2.45) is 0 Å². The SMILES string of the molecule is C=CCn1c(SC(C)C(=O)c2ccccc2)nnc1C1COc2ccccc2O1. The van der Waals surface area contributed by atoms with Crippen LogP contribution in [0, 0.1) is 0 Å². The number of hydrogen-bond donors (Lipinski definition) is 0. The average molecular weight is 407 g/mol. The number of hydrogen-bond acceptors (Lipinski definition) is 6. The van der Waals surface area contributed by atoms with Crippen LogP contribution >= 0.6 is 11.8 Å². The number of rotatable bonds is 7. The van der Waals surface area contributed by atoms with Crippen LogP contribution in [0.3, 0.4) is 0 Å². The van der Waals surface area contributed by atoms with Crippen LogP contribution in [0.4, 0.5) is 0 Å². The Morgan fingerprint density at radius 3 is 2.69 bits per heavy atom. The van der Waals surface area contributed by atoms with Crippen LogP contribution in [0.1, 0.15) is 29.2 Å². The van der Waals surface area contributed by atoms with Crippen LogP contribution in [0.25, 0.3) is 0 Å². The van der Waals surface area contributed by atoms with Gasteiger partial charge in [0.05, 0.1) is 5.25 Å². The highest BCUT2D eigenvalue weighted by Gasteiger charge is 2.29. The van der Waals surface area contributed by atoms with Crippen molar-refractivity contribution in [3.8, 4) is 11.5 Å². The summed E-state index contributed by atoms with van der Waals surface area (Å²) in [6.45, 7) is 6.57. The minimum Gasteiger partial charge on any atom is -0.485 e. The Hall–Kier alpha value is -3.06. The molecule has 0 spiro atoms. The Bertz CT molecular complexity index is 1020. The lowest BCUT2D eigenvalue weighted by Gasteiger charge is -2.26. The maximum Gasteiger partial charge on any atom is 0.192 e. The number of allylic oxidation sites excluding steroid dienone is 1. The van der Waals surface area contributed by atoms with Gasteiger partial charge in [0, 0.05) is 12.1 Å². The molecule has 2 heterocycles. The molecule has 4 rings (SSSR count). The minimum atomic E-state index is -0.383. The number of nitrogens with zero attached hydrogens (tertiary/aromatic N) is 3. The van der Waals surface area contributed by atoms with Gasteiger partial charge in [-0.05, 0) is 19.1 Å². The zero-order valence-corrected chi connectivity index (χ0v) is 16.8. The molecule has 0 saturated carbocycles. The first-order chi connectivity index (χ1) is 14.2. The van der Waals surface area contributed by atoms with Crippen LogP contribution in [-0.4, -0.2) is 32.4 Å². The van der Waals surface area contributed by atoms with Crippen molar-refractivity contribution < 1.29 is 14.3 Å². The number of carbonyl (C=O) groups excluding carboxylic acids is 1. The lowest BCUT2D eigenvalue weighted by Crippen LogP contribution is -2.25. The van der Waals surface area contributed by atoms with Crippen molar-refractivity contribution in [3.63, 3.8) is 0 Å². The van der Waals surface area contributed by atoms with Crippen molar-refractivity contribution in [3.05, 3.63) is 78.6 Å². The molecule has 3 aromatic rings. The molecule has 2 unspecified atom stereocenters. The van der Waals surface area contributed by atoms with Crippen LogP contribution in [-0.2, 0) is 6.54 Å². The second kappa shape index (κ2) is 8.53. The van der Waals surface area contributed by atoms with E-state index in [1.807, 2.05) is 66.1 Å². The monoisotopic (exact) mass is 407 g/mol. The molecule has 0 fully saturated rings. The topological polar surface area (TPSA) is 66.2 Å². The van der Waals surface area contributed by atoms with Gasteiger partial charge in [-0.25, -0.2) is 0 Å². The fourth-order valence-electron chi connectivity index (χ4n) is 3.12. The minimum absolute atomic E-state index is 0.0523. The number of Topliss-reactive ketones (excluding diaryl/α,β-unsaturated/α-hetero) is 1. The second-order valence-corrected chi connectivity index (χ2v) is 7.90. The summed E-state index contributed by atoms with van der Waals surface area (Å²) in [5.74, 6) is 2.10. The molecule has 2 atom stereocenters. The Morgan fingerprint density at radius 2 is 1.93 bits per heavy atom. The van der Waals surface area contributed by atoms with Gasteiger partial charge in [0.2, 0.25) is 0 Å². The maximum absolute atomic E-state index is 12.7. The summed E-state index contributed by atoms with van der Waals surface area (Å²) in [7, 11) is 0. The van der Waals surface area contributed by atoms with E-state index in [4.69, 9.17) is 9.47 Å². The Balaban J connectivity index is 1.56. The molecule has 6 nitrogen and oxygen atoms in total. The molecule has 2 aromatic carbocycles. The standard InChI is InChI=1S/C22H21N3O3S/c1-3-13-25-21(19-14-27-17-11-7-8-12-18(17)28-19)23-24-22(25)29-15(2)20(26)16-9-5-4-6-10-16/h3-12,15,19H,1,13-14H2,2H3. The van der Waals surface area contributed by atoms with Gasteiger partial charge < -0.3 is 9.47 Å². The third-order valence-electron chi connectivity index (χ3n) is 4.56. The van der Waals surface area contributed by atoms with E-state index in [0.717, 1.165) is 5.75 Å². The number of para-hydroxylation sites is 2.